The highest BCUT2D eigenvalue weighted by molar-refractivity contribution is 7.93. The van der Waals surface area contributed by atoms with Crippen LogP contribution in [0.3, 0.4) is 0 Å². The Balaban J connectivity index is 2.44. The number of benzene rings is 1. The lowest BCUT2D eigenvalue weighted by atomic mass is 10.2. The molecule has 0 atom stereocenters. The molecule has 4 N–H and O–H groups in total. The van der Waals surface area contributed by atoms with Gasteiger partial charge >= 0.3 is 0 Å². The molecule has 0 aliphatic heterocycles. The van der Waals surface area contributed by atoms with E-state index in [0.29, 0.717) is 5.56 Å². The van der Waals surface area contributed by atoms with Crippen molar-refractivity contribution in [3.05, 3.63) is 40.1 Å². The topological polar surface area (TPSA) is 101 Å². The molecule has 6 nitrogen and oxygen atoms in total. The van der Waals surface area contributed by atoms with E-state index in [1.165, 1.54) is 24.5 Å². The molecule has 0 bridgehead atoms. The Kier molecular flexibility index (Phi) is 4.75. The molecule has 0 unspecified atom stereocenters. The summed E-state index contributed by atoms with van der Waals surface area (Å²) in [4.78, 5) is -0.217. The van der Waals surface area contributed by atoms with Gasteiger partial charge in [0, 0.05) is 11.8 Å². The zero-order chi connectivity index (χ0) is 15.5. The minimum absolute atomic E-state index is 0.0279. The van der Waals surface area contributed by atoms with Crippen LogP contribution in [0.25, 0.3) is 0 Å². The average Bonchev–Trinajstić information content (AvgIpc) is 2.87. The Hall–Kier alpha value is -1.72. The number of aromatic amines is 1. The lowest BCUT2D eigenvalue weighted by Crippen LogP contribution is -2.13. The third-order valence-electron chi connectivity index (χ3n) is 2.35. The predicted molar refractivity (Wildman–Crippen MR) is 81.8 cm³/mol. The van der Waals surface area contributed by atoms with Gasteiger partial charge in [-0.15, -0.1) is 0 Å². The van der Waals surface area contributed by atoms with Crippen LogP contribution in [-0.4, -0.2) is 25.2 Å². The molecule has 9 heteroatoms. The standard InChI is InChI=1S/C12H10Cl2N4O2S/c13-10-4-8(2-1-3-15)5-11(14)12(10)21(19,20)18-9-6-16-17-7-9/h4-7,18H,3,15H2,(H,16,17). The van der Waals surface area contributed by atoms with E-state index < -0.39 is 10.0 Å². The molecule has 0 aliphatic rings. The highest BCUT2D eigenvalue weighted by Gasteiger charge is 2.22. The van der Waals surface area contributed by atoms with E-state index in [2.05, 4.69) is 26.8 Å². The summed E-state index contributed by atoms with van der Waals surface area (Å²) in [5.74, 6) is 5.37. The number of anilines is 1. The number of sulfonamides is 1. The van der Waals surface area contributed by atoms with Crippen molar-refractivity contribution in [3.63, 3.8) is 0 Å². The van der Waals surface area contributed by atoms with Crippen molar-refractivity contribution in [3.8, 4) is 11.8 Å². The molecule has 0 saturated carbocycles. The number of H-pyrrole nitrogens is 1. The second kappa shape index (κ2) is 6.37. The zero-order valence-corrected chi connectivity index (χ0v) is 12.9. The summed E-state index contributed by atoms with van der Waals surface area (Å²) in [6, 6.07) is 2.83. The van der Waals surface area contributed by atoms with Crippen molar-refractivity contribution in [2.45, 2.75) is 4.90 Å². The Morgan fingerprint density at radius 2 is 2.00 bits per heavy atom. The normalized spacial score (nSPS) is 10.8. The van der Waals surface area contributed by atoms with Gasteiger partial charge in [-0.3, -0.25) is 9.82 Å². The summed E-state index contributed by atoms with van der Waals surface area (Å²) in [7, 11) is -3.93. The molecule has 0 amide bonds. The summed E-state index contributed by atoms with van der Waals surface area (Å²) >= 11 is 12.0. The first-order chi connectivity index (χ1) is 9.94. The Morgan fingerprint density at radius 3 is 2.52 bits per heavy atom. The molecule has 0 aliphatic carbocycles. The predicted octanol–water partition coefficient (Wildman–Crippen LogP) is 1.83. The number of nitrogens with zero attached hydrogens (tertiary/aromatic N) is 1. The van der Waals surface area contributed by atoms with Crippen molar-refractivity contribution < 1.29 is 8.42 Å². The molecule has 1 heterocycles. The molecule has 0 fully saturated rings. The quantitative estimate of drug-likeness (QED) is 0.739. The molecular formula is C12H10Cl2N4O2S. The summed E-state index contributed by atoms with van der Waals surface area (Å²) < 4.78 is 26.9. The number of nitrogens with two attached hydrogens (primary N) is 1. The third kappa shape index (κ3) is 3.68. The highest BCUT2D eigenvalue weighted by atomic mass is 35.5. The van der Waals surface area contributed by atoms with Crippen LogP contribution in [0.2, 0.25) is 10.0 Å². The first-order valence-electron chi connectivity index (χ1n) is 5.63. The van der Waals surface area contributed by atoms with Gasteiger partial charge in [0.05, 0.1) is 28.5 Å². The van der Waals surface area contributed by atoms with E-state index in [9.17, 15) is 8.42 Å². The number of rotatable bonds is 3. The minimum Gasteiger partial charge on any atom is -0.320 e. The molecular weight excluding hydrogens is 335 g/mol. The maximum absolute atomic E-state index is 12.3. The van der Waals surface area contributed by atoms with Crippen molar-refractivity contribution in [1.29, 1.82) is 0 Å². The van der Waals surface area contributed by atoms with Crippen LogP contribution in [0.5, 0.6) is 0 Å². The Labute approximate surface area is 131 Å². The second-order valence-corrected chi connectivity index (χ2v) is 6.30. The summed E-state index contributed by atoms with van der Waals surface area (Å²) in [5.41, 5.74) is 6.03. The van der Waals surface area contributed by atoms with Crippen LogP contribution >= 0.6 is 23.2 Å². The number of halogens is 2. The summed E-state index contributed by atoms with van der Waals surface area (Å²) in [5, 5.41) is 6.08. The average molecular weight is 345 g/mol. The minimum atomic E-state index is -3.93. The van der Waals surface area contributed by atoms with Gasteiger partial charge in [0.15, 0.2) is 0 Å². The van der Waals surface area contributed by atoms with Crippen LogP contribution in [0.1, 0.15) is 5.56 Å². The van der Waals surface area contributed by atoms with Crippen LogP contribution in [-0.2, 0) is 10.0 Å². The largest absolute Gasteiger partial charge is 0.320 e. The van der Waals surface area contributed by atoms with E-state index in [1.807, 2.05) is 0 Å². The fourth-order valence-corrected chi connectivity index (χ4v) is 3.81. The summed E-state index contributed by atoms with van der Waals surface area (Å²) in [6.45, 7) is 0.178. The lowest BCUT2D eigenvalue weighted by molar-refractivity contribution is 0.601. The first kappa shape index (κ1) is 15.7. The van der Waals surface area contributed by atoms with Gasteiger partial charge in [-0.2, -0.15) is 5.10 Å². The first-order valence-corrected chi connectivity index (χ1v) is 7.87. The van der Waals surface area contributed by atoms with Crippen LogP contribution in [0.15, 0.2) is 29.4 Å². The monoisotopic (exact) mass is 344 g/mol. The molecule has 1 aromatic heterocycles. The lowest BCUT2D eigenvalue weighted by Gasteiger charge is -2.10. The van der Waals surface area contributed by atoms with Gasteiger partial charge in [0.25, 0.3) is 10.0 Å². The van der Waals surface area contributed by atoms with Gasteiger partial charge in [0.1, 0.15) is 4.90 Å². The number of aromatic nitrogens is 2. The van der Waals surface area contributed by atoms with Gasteiger partial charge in [0.2, 0.25) is 0 Å². The van der Waals surface area contributed by atoms with E-state index in [0.717, 1.165) is 0 Å². The van der Waals surface area contributed by atoms with Crippen molar-refractivity contribution in [2.75, 3.05) is 11.3 Å². The summed E-state index contributed by atoms with van der Waals surface area (Å²) in [6.07, 6.45) is 2.71. The van der Waals surface area contributed by atoms with Crippen LogP contribution in [0.4, 0.5) is 5.69 Å². The molecule has 0 radical (unpaired) electrons. The fourth-order valence-electron chi connectivity index (χ4n) is 1.55. The second-order valence-electron chi connectivity index (χ2n) is 3.87. The van der Waals surface area contributed by atoms with E-state index in [4.69, 9.17) is 28.9 Å². The SMILES string of the molecule is NCC#Cc1cc(Cl)c(S(=O)(=O)Nc2cn[nH]c2)c(Cl)c1. The highest BCUT2D eigenvalue weighted by Crippen LogP contribution is 2.31. The molecule has 2 aromatic rings. The van der Waals surface area contributed by atoms with Gasteiger partial charge in [-0.25, -0.2) is 8.42 Å². The van der Waals surface area contributed by atoms with Crippen molar-refractivity contribution >= 4 is 38.9 Å². The van der Waals surface area contributed by atoms with Crippen molar-refractivity contribution in [1.82, 2.24) is 10.2 Å². The smallest absolute Gasteiger partial charge is 0.264 e. The maximum atomic E-state index is 12.3. The van der Waals surface area contributed by atoms with Crippen LogP contribution < -0.4 is 10.5 Å². The van der Waals surface area contributed by atoms with Crippen LogP contribution in [0, 0.1) is 11.8 Å². The number of hydrogen-bond donors (Lipinski definition) is 3. The van der Waals surface area contributed by atoms with Gasteiger partial charge in [-0.1, -0.05) is 35.0 Å². The molecule has 21 heavy (non-hydrogen) atoms. The van der Waals surface area contributed by atoms with E-state index in [1.54, 1.807) is 0 Å². The fraction of sp³-hybridized carbons (Fsp3) is 0.0833. The number of hydrogen-bond acceptors (Lipinski definition) is 4. The maximum Gasteiger partial charge on any atom is 0.264 e. The molecule has 110 valence electrons. The molecule has 0 spiro atoms. The molecule has 0 saturated heterocycles. The van der Waals surface area contributed by atoms with Gasteiger partial charge in [-0.05, 0) is 12.1 Å². The molecule has 2 rings (SSSR count). The Morgan fingerprint density at radius 1 is 1.33 bits per heavy atom. The van der Waals surface area contributed by atoms with E-state index in [-0.39, 0.29) is 27.2 Å². The number of nitrogens with one attached hydrogen (secondary N) is 2. The van der Waals surface area contributed by atoms with Gasteiger partial charge < -0.3 is 5.73 Å². The third-order valence-corrected chi connectivity index (χ3v) is 4.65. The Bertz CT molecular complexity index is 785. The van der Waals surface area contributed by atoms with E-state index >= 15 is 0 Å². The molecule has 1 aromatic carbocycles. The van der Waals surface area contributed by atoms with Crippen molar-refractivity contribution in [2.24, 2.45) is 5.73 Å². The zero-order valence-electron chi connectivity index (χ0n) is 10.5.